The Labute approximate surface area is 207 Å². The smallest absolute Gasteiger partial charge is 0.274 e. The predicted octanol–water partition coefficient (Wildman–Crippen LogP) is 2.30. The molecule has 1 saturated heterocycles. The van der Waals surface area contributed by atoms with E-state index in [1.165, 1.54) is 11.7 Å². The van der Waals surface area contributed by atoms with Crippen LogP contribution in [0.2, 0.25) is 0 Å². The van der Waals surface area contributed by atoms with Gasteiger partial charge in [0.05, 0.1) is 24.7 Å². The standard InChI is InChI=1S/C27H26N4O5/c1-28-23-19-10-6-7-11-20(19)31(16-21(33)18-8-4-3-5-9-18)26(34)22(23)25(36-2)24(28)27(35)30-14-12-29(17-32)13-15-30/h3-11,17H,12-16H2,1-2H3. The minimum Gasteiger partial charge on any atom is -0.493 e. The number of ether oxygens (including phenoxy) is 1. The summed E-state index contributed by atoms with van der Waals surface area (Å²) in [5, 5.41) is 0.994. The number of carbonyl (C=O) groups excluding carboxylic acids is 3. The summed E-state index contributed by atoms with van der Waals surface area (Å²) >= 11 is 0. The van der Waals surface area contributed by atoms with Crippen molar-refractivity contribution in [2.24, 2.45) is 7.05 Å². The Bertz CT molecular complexity index is 1550. The molecule has 0 spiro atoms. The number of fused-ring (bicyclic) bond motifs is 3. The molecule has 1 fully saturated rings. The number of rotatable bonds is 6. The second-order valence-electron chi connectivity index (χ2n) is 8.80. The Hall–Kier alpha value is -4.40. The number of methoxy groups -OCH3 is 1. The lowest BCUT2D eigenvalue weighted by molar-refractivity contribution is -0.119. The number of hydrogen-bond donors (Lipinski definition) is 0. The lowest BCUT2D eigenvalue weighted by atomic mass is 10.1. The van der Waals surface area contributed by atoms with Gasteiger partial charge in [0.25, 0.3) is 11.5 Å². The number of aryl methyl sites for hydroxylation is 1. The van der Waals surface area contributed by atoms with Gasteiger partial charge < -0.3 is 19.1 Å². The first-order valence-electron chi connectivity index (χ1n) is 11.7. The van der Waals surface area contributed by atoms with Gasteiger partial charge in [0.1, 0.15) is 5.39 Å². The second-order valence-corrected chi connectivity index (χ2v) is 8.80. The van der Waals surface area contributed by atoms with Crippen LogP contribution < -0.4 is 10.3 Å². The first-order valence-corrected chi connectivity index (χ1v) is 11.7. The zero-order chi connectivity index (χ0) is 25.4. The minimum absolute atomic E-state index is 0.145. The molecule has 9 heteroatoms. The number of Topliss-reactive ketones (excluding diaryl/α,β-unsaturated/α-hetero) is 1. The maximum Gasteiger partial charge on any atom is 0.274 e. The number of para-hydroxylation sites is 1. The van der Waals surface area contributed by atoms with Crippen LogP contribution in [0.5, 0.6) is 5.75 Å². The van der Waals surface area contributed by atoms with E-state index in [4.69, 9.17) is 4.74 Å². The molecule has 0 N–H and O–H groups in total. The fourth-order valence-corrected chi connectivity index (χ4v) is 4.96. The first-order chi connectivity index (χ1) is 17.5. The molecule has 5 rings (SSSR count). The van der Waals surface area contributed by atoms with Crippen LogP contribution in [0.3, 0.4) is 0 Å². The van der Waals surface area contributed by atoms with E-state index in [0.717, 1.165) is 11.8 Å². The van der Waals surface area contributed by atoms with Crippen molar-refractivity contribution in [1.82, 2.24) is 18.9 Å². The Morgan fingerprint density at radius 2 is 1.64 bits per heavy atom. The summed E-state index contributed by atoms with van der Waals surface area (Å²) in [5.41, 5.74) is 1.55. The van der Waals surface area contributed by atoms with E-state index in [9.17, 15) is 19.2 Å². The lowest BCUT2D eigenvalue weighted by Crippen LogP contribution is -2.48. The van der Waals surface area contributed by atoms with Crippen molar-refractivity contribution in [3.8, 4) is 5.75 Å². The molecule has 4 aromatic rings. The van der Waals surface area contributed by atoms with Gasteiger partial charge in [-0.3, -0.25) is 23.7 Å². The minimum atomic E-state index is -0.398. The molecular formula is C27H26N4O5. The quantitative estimate of drug-likeness (QED) is 0.308. The molecule has 3 heterocycles. The topological polar surface area (TPSA) is 93.8 Å². The van der Waals surface area contributed by atoms with Crippen LogP contribution in [0.1, 0.15) is 20.8 Å². The summed E-state index contributed by atoms with van der Waals surface area (Å²) < 4.78 is 8.83. The molecule has 0 atom stereocenters. The summed E-state index contributed by atoms with van der Waals surface area (Å²) in [6, 6.07) is 16.2. The number of pyridine rings is 1. The van der Waals surface area contributed by atoms with E-state index >= 15 is 0 Å². The summed E-state index contributed by atoms with van der Waals surface area (Å²) in [7, 11) is 3.18. The summed E-state index contributed by atoms with van der Waals surface area (Å²) in [6.45, 7) is 1.52. The van der Waals surface area contributed by atoms with Gasteiger partial charge >= 0.3 is 0 Å². The van der Waals surface area contributed by atoms with Gasteiger partial charge in [-0.1, -0.05) is 48.5 Å². The molecule has 1 aliphatic heterocycles. The molecule has 0 unspecified atom stereocenters. The Balaban J connectivity index is 1.69. The highest BCUT2D eigenvalue weighted by Crippen LogP contribution is 2.35. The molecule has 0 aliphatic carbocycles. The Morgan fingerprint density at radius 3 is 2.31 bits per heavy atom. The van der Waals surface area contributed by atoms with Crippen molar-refractivity contribution in [3.05, 3.63) is 76.2 Å². The zero-order valence-electron chi connectivity index (χ0n) is 20.1. The average Bonchev–Trinajstić information content (AvgIpc) is 3.23. The average molecular weight is 487 g/mol. The third-order valence-electron chi connectivity index (χ3n) is 6.81. The predicted molar refractivity (Wildman–Crippen MR) is 136 cm³/mol. The van der Waals surface area contributed by atoms with Gasteiger partial charge in [-0.15, -0.1) is 0 Å². The van der Waals surface area contributed by atoms with E-state index in [1.54, 1.807) is 51.7 Å². The highest BCUT2D eigenvalue weighted by molar-refractivity contribution is 6.12. The van der Waals surface area contributed by atoms with Crippen LogP contribution in [-0.2, 0) is 18.4 Å². The number of aromatic nitrogens is 2. The van der Waals surface area contributed by atoms with Gasteiger partial charge in [-0.25, -0.2) is 0 Å². The van der Waals surface area contributed by atoms with Crippen LogP contribution in [0.15, 0.2) is 59.4 Å². The molecule has 2 amide bonds. The maximum absolute atomic E-state index is 13.9. The van der Waals surface area contributed by atoms with Gasteiger partial charge in [0, 0.05) is 44.2 Å². The zero-order valence-corrected chi connectivity index (χ0v) is 20.1. The molecule has 1 aliphatic rings. The summed E-state index contributed by atoms with van der Waals surface area (Å²) in [4.78, 5) is 54.9. The number of hydrogen-bond acceptors (Lipinski definition) is 5. The van der Waals surface area contributed by atoms with E-state index < -0.39 is 5.56 Å². The number of piperazine rings is 1. The van der Waals surface area contributed by atoms with Crippen molar-refractivity contribution in [1.29, 1.82) is 0 Å². The molecule has 36 heavy (non-hydrogen) atoms. The number of amides is 2. The third-order valence-corrected chi connectivity index (χ3v) is 6.81. The van der Waals surface area contributed by atoms with Gasteiger partial charge in [0.15, 0.2) is 17.2 Å². The van der Waals surface area contributed by atoms with E-state index in [2.05, 4.69) is 0 Å². The van der Waals surface area contributed by atoms with Gasteiger partial charge in [-0.2, -0.15) is 0 Å². The number of benzene rings is 2. The molecule has 2 aromatic heterocycles. The largest absolute Gasteiger partial charge is 0.493 e. The fourth-order valence-electron chi connectivity index (χ4n) is 4.96. The SMILES string of the molecule is COc1c(C(=O)N2CCN(C=O)CC2)n(C)c2c1c(=O)n(CC(=O)c1ccccc1)c1ccccc21. The Kier molecular flexibility index (Phi) is 6.05. The maximum atomic E-state index is 13.9. The van der Waals surface area contributed by atoms with Crippen molar-refractivity contribution < 1.29 is 19.1 Å². The van der Waals surface area contributed by atoms with Crippen LogP contribution >= 0.6 is 0 Å². The van der Waals surface area contributed by atoms with Crippen molar-refractivity contribution in [3.63, 3.8) is 0 Å². The second kappa shape index (κ2) is 9.33. The Morgan fingerprint density at radius 1 is 0.972 bits per heavy atom. The number of ketones is 1. The van der Waals surface area contributed by atoms with E-state index in [-0.39, 0.29) is 35.1 Å². The van der Waals surface area contributed by atoms with Crippen LogP contribution in [0.4, 0.5) is 0 Å². The lowest BCUT2D eigenvalue weighted by Gasteiger charge is -2.32. The highest BCUT2D eigenvalue weighted by atomic mass is 16.5. The summed E-state index contributed by atoms with van der Waals surface area (Å²) in [6.07, 6.45) is 0.782. The monoisotopic (exact) mass is 486 g/mol. The van der Waals surface area contributed by atoms with E-state index in [1.807, 2.05) is 24.3 Å². The molecule has 9 nitrogen and oxygen atoms in total. The highest BCUT2D eigenvalue weighted by Gasteiger charge is 2.31. The fraction of sp³-hybridized carbons (Fsp3) is 0.259. The first kappa shape index (κ1) is 23.3. The van der Waals surface area contributed by atoms with Crippen LogP contribution in [0.25, 0.3) is 21.8 Å². The van der Waals surface area contributed by atoms with Crippen molar-refractivity contribution in [2.45, 2.75) is 6.54 Å². The molecular weight excluding hydrogens is 460 g/mol. The number of nitrogens with zero attached hydrogens (tertiary/aromatic N) is 4. The molecule has 0 radical (unpaired) electrons. The number of carbonyl (C=O) groups is 3. The summed E-state index contributed by atoms with van der Waals surface area (Å²) in [5.74, 6) is -0.278. The normalized spacial score (nSPS) is 13.8. The van der Waals surface area contributed by atoms with Gasteiger partial charge in [-0.05, 0) is 6.07 Å². The van der Waals surface area contributed by atoms with Crippen LogP contribution in [-0.4, -0.2) is 70.3 Å². The van der Waals surface area contributed by atoms with Crippen LogP contribution in [0, 0.1) is 0 Å². The molecule has 2 aromatic carbocycles. The van der Waals surface area contributed by atoms with Gasteiger partial charge in [0.2, 0.25) is 6.41 Å². The molecule has 184 valence electrons. The van der Waals surface area contributed by atoms with E-state index in [0.29, 0.717) is 42.8 Å². The van der Waals surface area contributed by atoms with Crippen molar-refractivity contribution in [2.75, 3.05) is 33.3 Å². The van der Waals surface area contributed by atoms with Crippen molar-refractivity contribution >= 4 is 39.9 Å². The molecule has 0 saturated carbocycles. The third kappa shape index (κ3) is 3.73. The molecule has 0 bridgehead atoms.